The van der Waals surface area contributed by atoms with Crippen LogP contribution in [0, 0.1) is 5.82 Å². The van der Waals surface area contributed by atoms with Gasteiger partial charge in [-0.3, -0.25) is 9.59 Å². The molecule has 0 saturated heterocycles. The average molecular weight is 487 g/mol. The van der Waals surface area contributed by atoms with Crippen molar-refractivity contribution in [3.63, 3.8) is 0 Å². The Morgan fingerprint density at radius 2 is 1.79 bits per heavy atom. The van der Waals surface area contributed by atoms with Crippen molar-refractivity contribution >= 4 is 46.9 Å². The third-order valence-electron chi connectivity index (χ3n) is 4.50. The Bertz CT molecular complexity index is 1180. The number of nitrogens with one attached hydrogen (secondary N) is 2. The van der Waals surface area contributed by atoms with Crippen LogP contribution in [0.4, 0.5) is 21.6 Å². The van der Waals surface area contributed by atoms with E-state index in [0.29, 0.717) is 30.1 Å². The van der Waals surface area contributed by atoms with Crippen LogP contribution in [0.2, 0.25) is 5.02 Å². The molecule has 0 aliphatic heterocycles. The molecule has 2 N–H and O–H groups in total. The predicted molar refractivity (Wildman–Crippen MR) is 124 cm³/mol. The Kier molecular flexibility index (Phi) is 8.54. The summed E-state index contributed by atoms with van der Waals surface area (Å²) < 4.78 is 19.7. The van der Waals surface area contributed by atoms with Crippen molar-refractivity contribution < 1.29 is 23.5 Å². The van der Waals surface area contributed by atoms with Crippen LogP contribution in [0.1, 0.15) is 21.0 Å². The standard InChI is InChI=1S/C22H20ClFN6O4/c1-30(8-10-34-11-9-31)15-3-4-17(16(24)12-15)28-21(32)19-20(26-7-6-25-19)22(33)29-18-5-2-14(23)13-27-18/h2-7,9,12-13H,8,10-11H2,1H3,(H,28,32)(H,27,29,33). The first kappa shape index (κ1) is 24.7. The lowest BCUT2D eigenvalue weighted by atomic mass is 10.2. The zero-order valence-corrected chi connectivity index (χ0v) is 18.8. The van der Waals surface area contributed by atoms with Crippen molar-refractivity contribution in [2.75, 3.05) is 42.3 Å². The second-order valence-corrected chi connectivity index (χ2v) is 7.29. The van der Waals surface area contributed by atoms with Crippen molar-refractivity contribution in [3.8, 4) is 0 Å². The summed E-state index contributed by atoms with van der Waals surface area (Å²) in [7, 11) is 1.73. The number of benzene rings is 1. The fraction of sp³-hybridized carbons (Fsp3) is 0.182. The molecule has 3 rings (SSSR count). The first-order valence-electron chi connectivity index (χ1n) is 9.96. The number of halogens is 2. The van der Waals surface area contributed by atoms with Gasteiger partial charge in [0.15, 0.2) is 11.4 Å². The summed E-state index contributed by atoms with van der Waals surface area (Å²) in [5, 5.41) is 5.30. The average Bonchev–Trinajstić information content (AvgIpc) is 2.84. The summed E-state index contributed by atoms with van der Waals surface area (Å²) in [6.07, 6.45) is 4.50. The van der Waals surface area contributed by atoms with Gasteiger partial charge in [-0.2, -0.15) is 0 Å². The fourth-order valence-electron chi connectivity index (χ4n) is 2.78. The van der Waals surface area contributed by atoms with Gasteiger partial charge in [0.2, 0.25) is 0 Å². The fourth-order valence-corrected chi connectivity index (χ4v) is 2.89. The van der Waals surface area contributed by atoms with E-state index >= 15 is 0 Å². The molecule has 10 nitrogen and oxygen atoms in total. The first-order chi connectivity index (χ1) is 16.4. The largest absolute Gasteiger partial charge is 0.372 e. The number of hydrogen-bond acceptors (Lipinski definition) is 8. The van der Waals surface area contributed by atoms with Crippen molar-refractivity contribution in [2.24, 2.45) is 0 Å². The molecule has 12 heteroatoms. The van der Waals surface area contributed by atoms with Crippen molar-refractivity contribution in [1.82, 2.24) is 15.0 Å². The highest BCUT2D eigenvalue weighted by molar-refractivity contribution is 6.30. The van der Waals surface area contributed by atoms with Crippen LogP contribution < -0.4 is 15.5 Å². The van der Waals surface area contributed by atoms with Crippen LogP contribution in [0.15, 0.2) is 48.9 Å². The molecule has 176 valence electrons. The maximum Gasteiger partial charge on any atom is 0.277 e. The summed E-state index contributed by atoms with van der Waals surface area (Å²) in [4.78, 5) is 49.2. The van der Waals surface area contributed by atoms with E-state index in [4.69, 9.17) is 16.3 Å². The maximum atomic E-state index is 14.7. The summed E-state index contributed by atoms with van der Waals surface area (Å²) in [5.41, 5.74) is -0.110. The number of ether oxygens (including phenoxy) is 1. The van der Waals surface area contributed by atoms with E-state index in [2.05, 4.69) is 25.6 Å². The van der Waals surface area contributed by atoms with E-state index in [1.54, 1.807) is 18.0 Å². The smallest absolute Gasteiger partial charge is 0.277 e. The van der Waals surface area contributed by atoms with E-state index in [1.165, 1.54) is 42.9 Å². The third-order valence-corrected chi connectivity index (χ3v) is 4.72. The van der Waals surface area contributed by atoms with Gasteiger partial charge < -0.3 is 25.1 Å². The molecule has 0 unspecified atom stereocenters. The molecule has 3 aromatic rings. The van der Waals surface area contributed by atoms with E-state index in [1.807, 2.05) is 0 Å². The topological polar surface area (TPSA) is 126 Å². The van der Waals surface area contributed by atoms with Gasteiger partial charge in [-0.1, -0.05) is 11.6 Å². The van der Waals surface area contributed by atoms with Gasteiger partial charge >= 0.3 is 0 Å². The minimum absolute atomic E-state index is 0.00816. The van der Waals surface area contributed by atoms with Gasteiger partial charge in [-0.15, -0.1) is 0 Å². The summed E-state index contributed by atoms with van der Waals surface area (Å²) >= 11 is 5.78. The number of amides is 2. The van der Waals surface area contributed by atoms with E-state index in [0.717, 1.165) is 0 Å². The molecule has 2 aromatic heterocycles. The highest BCUT2D eigenvalue weighted by Crippen LogP contribution is 2.22. The Labute approximate surface area is 199 Å². The number of hydrogen-bond donors (Lipinski definition) is 2. The van der Waals surface area contributed by atoms with Gasteiger partial charge in [-0.05, 0) is 30.3 Å². The SMILES string of the molecule is CN(CCOCC=O)c1ccc(NC(=O)c2nccnc2C(=O)Nc2ccc(Cl)cn2)c(F)c1. The Morgan fingerprint density at radius 1 is 1.09 bits per heavy atom. The molecule has 0 aliphatic carbocycles. The summed E-state index contributed by atoms with van der Waals surface area (Å²) in [5.74, 6) is -2.02. The molecule has 2 heterocycles. The molecule has 34 heavy (non-hydrogen) atoms. The second kappa shape index (κ2) is 11.8. The lowest BCUT2D eigenvalue weighted by Crippen LogP contribution is -2.24. The first-order valence-corrected chi connectivity index (χ1v) is 10.3. The molecule has 0 saturated carbocycles. The van der Waals surface area contributed by atoms with Gasteiger partial charge in [0, 0.05) is 37.9 Å². The van der Waals surface area contributed by atoms with Crippen LogP contribution in [0.5, 0.6) is 0 Å². The molecule has 2 amide bonds. The predicted octanol–water partition coefficient (Wildman–Crippen LogP) is 2.82. The van der Waals surface area contributed by atoms with Gasteiger partial charge in [0.25, 0.3) is 11.8 Å². The highest BCUT2D eigenvalue weighted by Gasteiger charge is 2.22. The number of carbonyl (C=O) groups excluding carboxylic acids is 3. The van der Waals surface area contributed by atoms with E-state index in [9.17, 15) is 18.8 Å². The van der Waals surface area contributed by atoms with E-state index < -0.39 is 17.6 Å². The summed E-state index contributed by atoms with van der Waals surface area (Å²) in [6, 6.07) is 7.26. The lowest BCUT2D eigenvalue weighted by molar-refractivity contribution is -0.111. The Morgan fingerprint density at radius 3 is 2.41 bits per heavy atom. The molecule has 1 aromatic carbocycles. The van der Waals surface area contributed by atoms with E-state index in [-0.39, 0.29) is 29.5 Å². The monoisotopic (exact) mass is 486 g/mol. The zero-order chi connectivity index (χ0) is 24.5. The van der Waals surface area contributed by atoms with Crippen LogP contribution >= 0.6 is 11.6 Å². The molecule has 0 bridgehead atoms. The molecule has 0 fully saturated rings. The van der Waals surface area contributed by atoms with Crippen LogP contribution in [-0.4, -0.2) is 59.9 Å². The normalized spacial score (nSPS) is 10.4. The van der Waals surface area contributed by atoms with Gasteiger partial charge in [0.05, 0.1) is 17.3 Å². The number of aromatic nitrogens is 3. The van der Waals surface area contributed by atoms with Crippen molar-refractivity contribution in [3.05, 3.63) is 71.2 Å². The Hall–Kier alpha value is -3.96. The van der Waals surface area contributed by atoms with Crippen molar-refractivity contribution in [1.29, 1.82) is 0 Å². The molecule has 0 radical (unpaired) electrons. The number of pyridine rings is 1. The van der Waals surface area contributed by atoms with Crippen LogP contribution in [0.3, 0.4) is 0 Å². The minimum Gasteiger partial charge on any atom is -0.372 e. The number of rotatable bonds is 10. The maximum absolute atomic E-state index is 14.7. The quantitative estimate of drug-likeness (QED) is 0.331. The van der Waals surface area contributed by atoms with Crippen LogP contribution in [-0.2, 0) is 9.53 Å². The molecule has 0 spiro atoms. The van der Waals surface area contributed by atoms with Crippen molar-refractivity contribution in [2.45, 2.75) is 0 Å². The lowest BCUT2D eigenvalue weighted by Gasteiger charge is -2.19. The Balaban J connectivity index is 1.70. The minimum atomic E-state index is -0.815. The number of nitrogens with zero attached hydrogens (tertiary/aromatic N) is 4. The number of anilines is 3. The second-order valence-electron chi connectivity index (χ2n) is 6.85. The number of carbonyl (C=O) groups is 3. The third kappa shape index (κ3) is 6.53. The van der Waals surface area contributed by atoms with Gasteiger partial charge in [-0.25, -0.2) is 19.3 Å². The number of likely N-dealkylation sites (N-methyl/N-ethyl adjacent to an activating group) is 1. The molecular formula is C22H20ClFN6O4. The summed E-state index contributed by atoms with van der Waals surface area (Å²) in [6.45, 7) is 0.712. The molecular weight excluding hydrogens is 467 g/mol. The highest BCUT2D eigenvalue weighted by atomic mass is 35.5. The van der Waals surface area contributed by atoms with Gasteiger partial charge in [0.1, 0.15) is 24.5 Å². The number of aldehydes is 1. The zero-order valence-electron chi connectivity index (χ0n) is 18.0. The molecule has 0 aliphatic rings. The van der Waals surface area contributed by atoms with Crippen LogP contribution in [0.25, 0.3) is 0 Å². The molecule has 0 atom stereocenters.